The van der Waals surface area contributed by atoms with Crippen molar-refractivity contribution in [2.75, 3.05) is 11.9 Å². The lowest BCUT2D eigenvalue weighted by Crippen LogP contribution is -2.32. The van der Waals surface area contributed by atoms with E-state index in [9.17, 15) is 14.9 Å². The van der Waals surface area contributed by atoms with Crippen LogP contribution in [-0.4, -0.2) is 22.5 Å². The maximum absolute atomic E-state index is 11.9. The zero-order valence-corrected chi connectivity index (χ0v) is 16.0. The Kier molecular flexibility index (Phi) is 7.41. The monoisotopic (exact) mass is 397 g/mol. The molecule has 7 nitrogen and oxygen atoms in total. The highest BCUT2D eigenvalue weighted by Gasteiger charge is 2.04. The lowest BCUT2D eigenvalue weighted by Gasteiger charge is -2.10. The Hall–Kier alpha value is -3.52. The number of nitro groups is 1. The van der Waals surface area contributed by atoms with E-state index in [0.717, 1.165) is 5.57 Å². The van der Waals surface area contributed by atoms with Crippen LogP contribution in [0.1, 0.15) is 12.5 Å². The summed E-state index contributed by atoms with van der Waals surface area (Å²) >= 11 is 5.11. The summed E-state index contributed by atoms with van der Waals surface area (Å²) in [5, 5.41) is 16.2. The summed E-state index contributed by atoms with van der Waals surface area (Å²) in [6.45, 7) is 6.10. The van der Waals surface area contributed by atoms with Gasteiger partial charge in [0, 0.05) is 23.9 Å². The van der Waals surface area contributed by atoms with Gasteiger partial charge in [0.15, 0.2) is 5.11 Å². The molecule has 0 aliphatic heterocycles. The second-order valence-electron chi connectivity index (χ2n) is 5.90. The van der Waals surface area contributed by atoms with Gasteiger partial charge in [-0.1, -0.05) is 6.58 Å². The van der Waals surface area contributed by atoms with Crippen LogP contribution in [0.15, 0.2) is 66.8 Å². The van der Waals surface area contributed by atoms with Crippen molar-refractivity contribution < 1.29 is 14.5 Å². The molecule has 0 unspecified atom stereocenters. The molecule has 8 heteroatoms. The van der Waals surface area contributed by atoms with Crippen LogP contribution in [0.4, 0.5) is 11.4 Å². The Labute approximate surface area is 167 Å². The van der Waals surface area contributed by atoms with Crippen LogP contribution >= 0.6 is 12.2 Å². The lowest BCUT2D eigenvalue weighted by molar-refractivity contribution is -0.384. The predicted octanol–water partition coefficient (Wildman–Crippen LogP) is 4.08. The van der Waals surface area contributed by atoms with Crippen LogP contribution in [0.25, 0.3) is 6.08 Å². The molecule has 0 aromatic heterocycles. The molecular weight excluding hydrogens is 378 g/mol. The summed E-state index contributed by atoms with van der Waals surface area (Å²) in [6, 6.07) is 13.0. The number of thiocarbonyl (C=S) groups is 1. The van der Waals surface area contributed by atoms with E-state index in [0.29, 0.717) is 23.6 Å². The van der Waals surface area contributed by atoms with Gasteiger partial charge >= 0.3 is 0 Å². The number of nitrogens with one attached hydrogen (secondary N) is 2. The summed E-state index contributed by atoms with van der Waals surface area (Å²) < 4.78 is 5.51. The molecule has 0 heterocycles. The molecule has 0 saturated heterocycles. The normalized spacial score (nSPS) is 10.3. The maximum atomic E-state index is 11.9. The first-order chi connectivity index (χ1) is 13.3. The molecule has 0 aliphatic carbocycles. The molecule has 2 aromatic rings. The predicted molar refractivity (Wildman–Crippen MR) is 113 cm³/mol. The van der Waals surface area contributed by atoms with Gasteiger partial charge in [0.05, 0.1) is 4.92 Å². The SMILES string of the molecule is C=C(C)COc1ccc(NC(=S)NC(=O)/C=C/c2ccc([N+](=O)[O-])cc2)cc1. The van der Waals surface area contributed by atoms with Gasteiger partial charge in [-0.2, -0.15) is 0 Å². The number of carbonyl (C=O) groups excluding carboxylic acids is 1. The van der Waals surface area contributed by atoms with E-state index >= 15 is 0 Å². The Balaban J connectivity index is 1.84. The van der Waals surface area contributed by atoms with Crippen molar-refractivity contribution in [3.63, 3.8) is 0 Å². The van der Waals surface area contributed by atoms with Gasteiger partial charge in [-0.3, -0.25) is 20.2 Å². The second-order valence-corrected chi connectivity index (χ2v) is 6.30. The third-order valence-corrected chi connectivity index (χ3v) is 3.57. The number of anilines is 1. The van der Waals surface area contributed by atoms with Crippen LogP contribution in [-0.2, 0) is 4.79 Å². The highest BCUT2D eigenvalue weighted by atomic mass is 32.1. The first kappa shape index (κ1) is 20.8. The zero-order valence-electron chi connectivity index (χ0n) is 15.2. The van der Waals surface area contributed by atoms with E-state index in [-0.39, 0.29) is 10.8 Å². The fourth-order valence-corrected chi connectivity index (χ4v) is 2.25. The molecule has 0 fully saturated rings. The van der Waals surface area contributed by atoms with E-state index in [4.69, 9.17) is 17.0 Å². The van der Waals surface area contributed by atoms with Crippen LogP contribution in [0.5, 0.6) is 5.75 Å². The molecular formula is C20H19N3O4S. The van der Waals surface area contributed by atoms with Crippen LogP contribution in [0.3, 0.4) is 0 Å². The average molecular weight is 397 g/mol. The number of benzene rings is 2. The number of hydrogen-bond donors (Lipinski definition) is 2. The lowest BCUT2D eigenvalue weighted by atomic mass is 10.2. The quantitative estimate of drug-likeness (QED) is 0.240. The molecule has 2 aromatic carbocycles. The van der Waals surface area contributed by atoms with Gasteiger partial charge in [-0.15, -0.1) is 0 Å². The molecule has 2 N–H and O–H groups in total. The third-order valence-electron chi connectivity index (χ3n) is 3.37. The molecule has 28 heavy (non-hydrogen) atoms. The Morgan fingerprint density at radius 3 is 2.43 bits per heavy atom. The summed E-state index contributed by atoms with van der Waals surface area (Å²) in [5.74, 6) is 0.284. The molecule has 0 spiro atoms. The number of hydrogen-bond acceptors (Lipinski definition) is 5. The summed E-state index contributed by atoms with van der Waals surface area (Å²) in [4.78, 5) is 22.1. The van der Waals surface area contributed by atoms with E-state index in [2.05, 4.69) is 17.2 Å². The zero-order chi connectivity index (χ0) is 20.5. The Morgan fingerprint density at radius 1 is 1.21 bits per heavy atom. The maximum Gasteiger partial charge on any atom is 0.269 e. The van der Waals surface area contributed by atoms with E-state index in [1.54, 1.807) is 36.4 Å². The highest BCUT2D eigenvalue weighted by Crippen LogP contribution is 2.16. The van der Waals surface area contributed by atoms with E-state index in [1.165, 1.54) is 24.3 Å². The van der Waals surface area contributed by atoms with Gasteiger partial charge in [-0.05, 0) is 72.8 Å². The second kappa shape index (κ2) is 9.98. The minimum absolute atomic E-state index is 0.0111. The van der Waals surface area contributed by atoms with Crippen molar-refractivity contribution in [3.05, 3.63) is 82.4 Å². The van der Waals surface area contributed by atoms with Gasteiger partial charge in [-0.25, -0.2) is 0 Å². The number of rotatable bonds is 7. The molecule has 2 rings (SSSR count). The summed E-state index contributed by atoms with van der Waals surface area (Å²) in [5.41, 5.74) is 2.27. The van der Waals surface area contributed by atoms with Gasteiger partial charge < -0.3 is 10.1 Å². The van der Waals surface area contributed by atoms with Crippen LogP contribution in [0, 0.1) is 10.1 Å². The number of nitrogens with zero attached hydrogens (tertiary/aromatic N) is 1. The molecule has 144 valence electrons. The van der Waals surface area contributed by atoms with Gasteiger partial charge in [0.2, 0.25) is 5.91 Å². The topological polar surface area (TPSA) is 93.5 Å². The van der Waals surface area contributed by atoms with Crippen molar-refractivity contribution in [2.45, 2.75) is 6.92 Å². The van der Waals surface area contributed by atoms with Crippen LogP contribution in [0.2, 0.25) is 0 Å². The number of nitro benzene ring substituents is 1. The fraction of sp³-hybridized carbons (Fsp3) is 0.100. The molecule has 0 atom stereocenters. The molecule has 1 amide bonds. The first-order valence-electron chi connectivity index (χ1n) is 8.25. The Morgan fingerprint density at radius 2 is 1.86 bits per heavy atom. The number of ether oxygens (including phenoxy) is 1. The van der Waals surface area contributed by atoms with E-state index in [1.807, 2.05) is 6.92 Å². The first-order valence-corrected chi connectivity index (χ1v) is 8.66. The smallest absolute Gasteiger partial charge is 0.269 e. The number of carbonyl (C=O) groups is 1. The van der Waals surface area contributed by atoms with Gasteiger partial charge in [0.25, 0.3) is 5.69 Å². The van der Waals surface area contributed by atoms with Crippen molar-refractivity contribution >= 4 is 40.7 Å². The van der Waals surface area contributed by atoms with Crippen LogP contribution < -0.4 is 15.4 Å². The highest BCUT2D eigenvalue weighted by molar-refractivity contribution is 7.80. The molecule has 0 aliphatic rings. The van der Waals surface area contributed by atoms with Gasteiger partial charge in [0.1, 0.15) is 12.4 Å². The largest absolute Gasteiger partial charge is 0.489 e. The fourth-order valence-electron chi connectivity index (χ4n) is 2.04. The molecule has 0 bridgehead atoms. The minimum atomic E-state index is -0.483. The minimum Gasteiger partial charge on any atom is -0.489 e. The van der Waals surface area contributed by atoms with Crippen molar-refractivity contribution in [2.24, 2.45) is 0 Å². The van der Waals surface area contributed by atoms with Crippen molar-refractivity contribution in [1.29, 1.82) is 0 Å². The molecule has 0 saturated carbocycles. The average Bonchev–Trinajstić information content (AvgIpc) is 2.66. The summed E-state index contributed by atoms with van der Waals surface area (Å²) in [6.07, 6.45) is 2.83. The van der Waals surface area contributed by atoms with Crippen molar-refractivity contribution in [1.82, 2.24) is 5.32 Å². The molecule has 0 radical (unpaired) electrons. The third kappa shape index (κ3) is 7.00. The number of amides is 1. The number of non-ortho nitro benzene ring substituents is 1. The Bertz CT molecular complexity index is 906. The van der Waals surface area contributed by atoms with E-state index < -0.39 is 10.8 Å². The van der Waals surface area contributed by atoms with Crippen molar-refractivity contribution in [3.8, 4) is 5.75 Å². The summed E-state index contributed by atoms with van der Waals surface area (Å²) in [7, 11) is 0. The standard InChI is InChI=1S/C20H19N3O4S/c1-14(2)13-27-18-10-6-16(7-11-18)21-20(28)22-19(24)12-5-15-3-8-17(9-4-15)23(25)26/h3-12H,1,13H2,2H3,(H2,21,22,24,28)/b12-5+.